The predicted molar refractivity (Wildman–Crippen MR) is 102 cm³/mol. The summed E-state index contributed by atoms with van der Waals surface area (Å²) >= 11 is 12.1. The number of benzene rings is 2. The Labute approximate surface area is 160 Å². The number of aromatic nitrogens is 3. The van der Waals surface area contributed by atoms with Crippen molar-refractivity contribution in [3.8, 4) is 11.5 Å². The fourth-order valence-electron chi connectivity index (χ4n) is 2.18. The van der Waals surface area contributed by atoms with Crippen LogP contribution in [0.25, 0.3) is 0 Å². The van der Waals surface area contributed by atoms with Gasteiger partial charge in [-0.25, -0.2) is 10.1 Å². The van der Waals surface area contributed by atoms with Gasteiger partial charge in [0.15, 0.2) is 11.5 Å². The molecule has 0 aliphatic heterocycles. The zero-order chi connectivity index (χ0) is 18.4. The van der Waals surface area contributed by atoms with E-state index in [0.717, 1.165) is 11.1 Å². The Hall–Kier alpha value is -2.57. The summed E-state index contributed by atoms with van der Waals surface area (Å²) in [5.74, 6) is 1.68. The van der Waals surface area contributed by atoms with Gasteiger partial charge in [0.25, 0.3) is 0 Å². The summed E-state index contributed by atoms with van der Waals surface area (Å²) < 4.78 is 11.6. The summed E-state index contributed by atoms with van der Waals surface area (Å²) in [5, 5.41) is 7.57. The lowest BCUT2D eigenvalue weighted by Crippen LogP contribution is -2.01. The maximum atomic E-state index is 6.18. The summed E-state index contributed by atoms with van der Waals surface area (Å²) in [6.45, 7) is 2.73. The van der Waals surface area contributed by atoms with Crippen LogP contribution < -0.4 is 9.47 Å². The van der Waals surface area contributed by atoms with E-state index in [2.05, 4.69) is 20.2 Å². The normalized spacial score (nSPS) is 11.0. The van der Waals surface area contributed by atoms with Crippen LogP contribution >= 0.6 is 23.2 Å². The van der Waals surface area contributed by atoms with Crippen LogP contribution in [0, 0.1) is 0 Å². The molecule has 1 aromatic heterocycles. The molecule has 0 saturated carbocycles. The fourth-order valence-corrected chi connectivity index (χ4v) is 2.65. The summed E-state index contributed by atoms with van der Waals surface area (Å²) in [6, 6.07) is 10.9. The van der Waals surface area contributed by atoms with Crippen LogP contribution in [0.15, 0.2) is 47.7 Å². The molecule has 134 valence electrons. The Bertz CT molecular complexity index is 898. The van der Waals surface area contributed by atoms with Crippen molar-refractivity contribution in [1.29, 1.82) is 0 Å². The first-order chi connectivity index (χ1) is 12.7. The van der Waals surface area contributed by atoms with Crippen molar-refractivity contribution in [2.24, 2.45) is 4.99 Å². The molecule has 1 N–H and O–H groups in total. The quantitative estimate of drug-likeness (QED) is 0.585. The van der Waals surface area contributed by atoms with Gasteiger partial charge in [-0.1, -0.05) is 29.3 Å². The first-order valence-electron chi connectivity index (χ1n) is 7.88. The van der Waals surface area contributed by atoms with Crippen LogP contribution in [0.4, 0.5) is 5.95 Å². The van der Waals surface area contributed by atoms with E-state index < -0.39 is 0 Å². The van der Waals surface area contributed by atoms with Gasteiger partial charge in [-0.3, -0.25) is 0 Å². The van der Waals surface area contributed by atoms with Gasteiger partial charge in [0.05, 0.1) is 6.61 Å². The van der Waals surface area contributed by atoms with E-state index in [0.29, 0.717) is 40.7 Å². The summed E-state index contributed by atoms with van der Waals surface area (Å²) in [5.41, 5.74) is 1.69. The molecule has 2 aromatic carbocycles. The Balaban J connectivity index is 1.75. The molecule has 0 spiro atoms. The van der Waals surface area contributed by atoms with Gasteiger partial charge in [-0.15, -0.1) is 0 Å². The zero-order valence-electron chi connectivity index (χ0n) is 13.9. The minimum atomic E-state index is 0.307. The van der Waals surface area contributed by atoms with Crippen molar-refractivity contribution in [3.63, 3.8) is 0 Å². The maximum absolute atomic E-state index is 6.18. The standard InChI is InChI=1S/C18H16Cl2N4O2/c1-2-25-17-7-12(9-21-18-22-11-23-24-18)3-6-16(17)26-10-13-4-5-14(19)8-15(13)20/h3-9,11H,2,10H2,1H3,(H,22,23,24)/b21-9+. The zero-order valence-corrected chi connectivity index (χ0v) is 15.5. The third kappa shape index (κ3) is 4.74. The smallest absolute Gasteiger partial charge is 0.245 e. The van der Waals surface area contributed by atoms with Crippen molar-refractivity contribution < 1.29 is 9.47 Å². The second-order valence-corrected chi connectivity index (χ2v) is 6.07. The number of ether oxygens (including phenoxy) is 2. The van der Waals surface area contributed by atoms with Gasteiger partial charge in [-0.05, 0) is 42.8 Å². The molecule has 1 heterocycles. The maximum Gasteiger partial charge on any atom is 0.245 e. The molecule has 0 aliphatic rings. The van der Waals surface area contributed by atoms with Crippen molar-refractivity contribution >= 4 is 35.4 Å². The number of rotatable bonds is 7. The van der Waals surface area contributed by atoms with Crippen molar-refractivity contribution in [1.82, 2.24) is 15.2 Å². The largest absolute Gasteiger partial charge is 0.490 e. The summed E-state index contributed by atoms with van der Waals surface area (Å²) in [7, 11) is 0. The van der Waals surface area contributed by atoms with E-state index in [4.69, 9.17) is 32.7 Å². The molecule has 3 rings (SSSR count). The lowest BCUT2D eigenvalue weighted by atomic mass is 10.2. The van der Waals surface area contributed by atoms with Gasteiger partial charge in [0.1, 0.15) is 12.9 Å². The van der Waals surface area contributed by atoms with E-state index in [-0.39, 0.29) is 0 Å². The van der Waals surface area contributed by atoms with Crippen LogP contribution in [-0.2, 0) is 6.61 Å². The molecule has 26 heavy (non-hydrogen) atoms. The molecule has 0 bridgehead atoms. The van der Waals surface area contributed by atoms with Crippen molar-refractivity contribution in [2.45, 2.75) is 13.5 Å². The molecular weight excluding hydrogens is 375 g/mol. The number of nitrogens with one attached hydrogen (secondary N) is 1. The fraction of sp³-hybridized carbons (Fsp3) is 0.167. The van der Waals surface area contributed by atoms with E-state index in [1.54, 1.807) is 18.3 Å². The van der Waals surface area contributed by atoms with Crippen LogP contribution in [-0.4, -0.2) is 28.0 Å². The molecule has 0 unspecified atom stereocenters. The number of nitrogens with zero attached hydrogens (tertiary/aromatic N) is 3. The summed E-state index contributed by atoms with van der Waals surface area (Å²) in [4.78, 5) is 8.14. The lowest BCUT2D eigenvalue weighted by Gasteiger charge is -2.13. The van der Waals surface area contributed by atoms with Crippen molar-refractivity contribution in [2.75, 3.05) is 6.61 Å². The number of hydrogen-bond donors (Lipinski definition) is 1. The van der Waals surface area contributed by atoms with Crippen LogP contribution in [0.1, 0.15) is 18.1 Å². The Morgan fingerprint density at radius 1 is 1.12 bits per heavy atom. The average Bonchev–Trinajstić information content (AvgIpc) is 3.14. The van der Waals surface area contributed by atoms with Crippen molar-refractivity contribution in [3.05, 3.63) is 63.9 Å². The molecule has 3 aromatic rings. The van der Waals surface area contributed by atoms with Gasteiger partial charge in [-0.2, -0.15) is 10.1 Å². The van der Waals surface area contributed by atoms with Gasteiger partial charge < -0.3 is 9.47 Å². The third-order valence-corrected chi connectivity index (χ3v) is 3.99. The van der Waals surface area contributed by atoms with E-state index in [1.165, 1.54) is 6.33 Å². The molecule has 0 aliphatic carbocycles. The highest BCUT2D eigenvalue weighted by Crippen LogP contribution is 2.30. The Morgan fingerprint density at radius 3 is 2.73 bits per heavy atom. The second kappa shape index (κ2) is 8.69. The van der Waals surface area contributed by atoms with E-state index in [1.807, 2.05) is 31.2 Å². The molecule has 0 saturated heterocycles. The Kier molecular flexibility index (Phi) is 6.09. The number of aliphatic imine (C=N–C) groups is 1. The molecule has 0 fully saturated rings. The number of aromatic amines is 1. The van der Waals surface area contributed by atoms with Crippen LogP contribution in [0.5, 0.6) is 11.5 Å². The van der Waals surface area contributed by atoms with Crippen LogP contribution in [0.2, 0.25) is 10.0 Å². The number of H-pyrrole nitrogens is 1. The second-order valence-electron chi connectivity index (χ2n) is 5.23. The number of hydrogen-bond acceptors (Lipinski definition) is 5. The summed E-state index contributed by atoms with van der Waals surface area (Å²) in [6.07, 6.45) is 3.07. The average molecular weight is 391 g/mol. The molecule has 0 radical (unpaired) electrons. The highest BCUT2D eigenvalue weighted by molar-refractivity contribution is 6.35. The minimum Gasteiger partial charge on any atom is -0.490 e. The van der Waals surface area contributed by atoms with Gasteiger partial charge in [0, 0.05) is 21.8 Å². The minimum absolute atomic E-state index is 0.307. The molecule has 6 nitrogen and oxygen atoms in total. The molecule has 0 atom stereocenters. The third-order valence-electron chi connectivity index (χ3n) is 3.40. The Morgan fingerprint density at radius 2 is 2.00 bits per heavy atom. The topological polar surface area (TPSA) is 72.4 Å². The molecule has 8 heteroatoms. The lowest BCUT2D eigenvalue weighted by molar-refractivity contribution is 0.269. The predicted octanol–water partition coefficient (Wildman–Crippen LogP) is 4.84. The first kappa shape index (κ1) is 18.2. The van der Waals surface area contributed by atoms with Crippen LogP contribution in [0.3, 0.4) is 0 Å². The van der Waals surface area contributed by atoms with E-state index >= 15 is 0 Å². The van der Waals surface area contributed by atoms with E-state index in [9.17, 15) is 0 Å². The highest BCUT2D eigenvalue weighted by atomic mass is 35.5. The molecule has 0 amide bonds. The SMILES string of the molecule is CCOc1cc(/C=N/c2ncn[nH]2)ccc1OCc1ccc(Cl)cc1Cl. The molecular formula is C18H16Cl2N4O2. The number of halogens is 2. The monoisotopic (exact) mass is 390 g/mol. The van der Waals surface area contributed by atoms with Gasteiger partial charge >= 0.3 is 0 Å². The first-order valence-corrected chi connectivity index (χ1v) is 8.64. The van der Waals surface area contributed by atoms with Gasteiger partial charge in [0.2, 0.25) is 5.95 Å². The highest BCUT2D eigenvalue weighted by Gasteiger charge is 2.08.